The highest BCUT2D eigenvalue weighted by molar-refractivity contribution is 5.88. The molecule has 3 rings (SSSR count). The second-order valence-corrected chi connectivity index (χ2v) is 6.67. The third kappa shape index (κ3) is 4.21. The van der Waals surface area contributed by atoms with Gasteiger partial charge in [0.25, 0.3) is 5.91 Å². The fraction of sp³-hybridized carbons (Fsp3) is 0.500. The van der Waals surface area contributed by atoms with Gasteiger partial charge in [0, 0.05) is 29.7 Å². The standard InChI is InChI=1S/C20H26N2O3/c1-2-22(16-8-4-3-5-9-16)19(23)14-25-20(24)12-15-13-21-18-11-7-6-10-17(15)18/h6-7,10-11,13,16,21H,2-5,8-9,12,14H2,1H3. The van der Waals surface area contributed by atoms with Crippen LogP contribution in [-0.4, -0.2) is 41.0 Å². The second kappa shape index (κ2) is 8.19. The number of hydrogen-bond acceptors (Lipinski definition) is 3. The molecular formula is C20H26N2O3. The average Bonchev–Trinajstić information content (AvgIpc) is 3.04. The SMILES string of the molecule is CCN(C(=O)COC(=O)Cc1c[nH]c2ccccc12)C1CCCCC1. The number of likely N-dealkylation sites (N-methyl/N-ethyl adjacent to an activating group) is 1. The van der Waals surface area contributed by atoms with Gasteiger partial charge in [-0.05, 0) is 31.4 Å². The smallest absolute Gasteiger partial charge is 0.310 e. The lowest BCUT2D eigenvalue weighted by Gasteiger charge is -2.33. The van der Waals surface area contributed by atoms with Crippen LogP contribution in [0.15, 0.2) is 30.5 Å². The number of H-pyrrole nitrogens is 1. The lowest BCUT2D eigenvalue weighted by atomic mass is 9.94. The molecule has 25 heavy (non-hydrogen) atoms. The molecule has 1 fully saturated rings. The van der Waals surface area contributed by atoms with Crippen molar-refractivity contribution in [3.05, 3.63) is 36.0 Å². The van der Waals surface area contributed by atoms with Crippen LogP contribution in [0.4, 0.5) is 0 Å². The van der Waals surface area contributed by atoms with Gasteiger partial charge in [-0.3, -0.25) is 9.59 Å². The highest BCUT2D eigenvalue weighted by Crippen LogP contribution is 2.23. The number of aromatic amines is 1. The molecule has 0 atom stereocenters. The summed E-state index contributed by atoms with van der Waals surface area (Å²) < 4.78 is 5.26. The summed E-state index contributed by atoms with van der Waals surface area (Å²) in [6.07, 6.45) is 7.72. The monoisotopic (exact) mass is 342 g/mol. The van der Waals surface area contributed by atoms with Gasteiger partial charge in [-0.2, -0.15) is 0 Å². The van der Waals surface area contributed by atoms with Gasteiger partial charge in [0.15, 0.2) is 6.61 Å². The molecule has 1 aliphatic rings. The summed E-state index contributed by atoms with van der Waals surface area (Å²) in [4.78, 5) is 29.6. The molecular weight excluding hydrogens is 316 g/mol. The summed E-state index contributed by atoms with van der Waals surface area (Å²) in [5.74, 6) is -0.445. The molecule has 0 radical (unpaired) electrons. The maximum Gasteiger partial charge on any atom is 0.310 e. The van der Waals surface area contributed by atoms with Crippen LogP contribution in [0.3, 0.4) is 0 Å². The molecule has 5 nitrogen and oxygen atoms in total. The lowest BCUT2D eigenvalue weighted by Crippen LogP contribution is -2.43. The minimum Gasteiger partial charge on any atom is -0.455 e. The maximum absolute atomic E-state index is 12.4. The van der Waals surface area contributed by atoms with Crippen molar-refractivity contribution in [1.29, 1.82) is 0 Å². The largest absolute Gasteiger partial charge is 0.455 e. The highest BCUT2D eigenvalue weighted by Gasteiger charge is 2.24. The Kier molecular flexibility index (Phi) is 5.74. The number of para-hydroxylation sites is 1. The van der Waals surface area contributed by atoms with Gasteiger partial charge in [-0.1, -0.05) is 37.5 Å². The van der Waals surface area contributed by atoms with E-state index in [0.717, 1.165) is 29.3 Å². The topological polar surface area (TPSA) is 62.4 Å². The number of aromatic nitrogens is 1. The van der Waals surface area contributed by atoms with Crippen LogP contribution < -0.4 is 0 Å². The van der Waals surface area contributed by atoms with Crippen LogP contribution >= 0.6 is 0 Å². The zero-order chi connectivity index (χ0) is 17.6. The van der Waals surface area contributed by atoms with Crippen LogP contribution in [0.25, 0.3) is 10.9 Å². The van der Waals surface area contributed by atoms with Gasteiger partial charge < -0.3 is 14.6 Å². The quantitative estimate of drug-likeness (QED) is 0.818. The van der Waals surface area contributed by atoms with Crippen LogP contribution in [0.5, 0.6) is 0 Å². The Morgan fingerprint density at radius 1 is 1.20 bits per heavy atom. The number of hydrogen-bond donors (Lipinski definition) is 1. The van der Waals surface area contributed by atoms with Gasteiger partial charge in [0.05, 0.1) is 6.42 Å². The molecule has 1 aliphatic carbocycles. The predicted molar refractivity (Wildman–Crippen MR) is 97.2 cm³/mol. The first kappa shape index (κ1) is 17.5. The van der Waals surface area contributed by atoms with E-state index >= 15 is 0 Å². The van der Waals surface area contributed by atoms with E-state index in [4.69, 9.17) is 4.74 Å². The van der Waals surface area contributed by atoms with Gasteiger partial charge >= 0.3 is 5.97 Å². The maximum atomic E-state index is 12.4. The summed E-state index contributed by atoms with van der Waals surface area (Å²) in [5, 5.41) is 1.02. The van der Waals surface area contributed by atoms with Crippen molar-refractivity contribution >= 4 is 22.8 Å². The average molecular weight is 342 g/mol. The number of fused-ring (bicyclic) bond motifs is 1. The third-order valence-corrected chi connectivity index (χ3v) is 5.04. The van der Waals surface area contributed by atoms with E-state index < -0.39 is 0 Å². The van der Waals surface area contributed by atoms with Gasteiger partial charge in [-0.15, -0.1) is 0 Å². The number of esters is 1. The summed E-state index contributed by atoms with van der Waals surface area (Å²) in [7, 11) is 0. The summed E-state index contributed by atoms with van der Waals surface area (Å²) in [6.45, 7) is 2.50. The number of ether oxygens (including phenoxy) is 1. The minimum atomic E-state index is -0.363. The number of amides is 1. The van der Waals surface area contributed by atoms with E-state index in [2.05, 4.69) is 4.98 Å². The molecule has 1 aromatic carbocycles. The molecule has 1 heterocycles. The second-order valence-electron chi connectivity index (χ2n) is 6.67. The van der Waals surface area contributed by atoms with Crippen molar-refractivity contribution in [3.8, 4) is 0 Å². The van der Waals surface area contributed by atoms with Crippen molar-refractivity contribution in [2.75, 3.05) is 13.2 Å². The number of carbonyl (C=O) groups is 2. The fourth-order valence-corrected chi connectivity index (χ4v) is 3.74. The molecule has 1 aromatic heterocycles. The molecule has 0 aliphatic heterocycles. The van der Waals surface area contributed by atoms with Crippen molar-refractivity contribution in [2.24, 2.45) is 0 Å². The fourth-order valence-electron chi connectivity index (χ4n) is 3.74. The highest BCUT2D eigenvalue weighted by atomic mass is 16.5. The number of nitrogens with one attached hydrogen (secondary N) is 1. The van der Waals surface area contributed by atoms with E-state index in [1.807, 2.05) is 42.3 Å². The zero-order valence-electron chi connectivity index (χ0n) is 14.8. The van der Waals surface area contributed by atoms with Gasteiger partial charge in [-0.25, -0.2) is 0 Å². The van der Waals surface area contributed by atoms with E-state index in [1.165, 1.54) is 19.3 Å². The van der Waals surface area contributed by atoms with Crippen molar-refractivity contribution < 1.29 is 14.3 Å². The molecule has 1 saturated carbocycles. The van der Waals surface area contributed by atoms with E-state index in [1.54, 1.807) is 0 Å². The Hall–Kier alpha value is -2.30. The van der Waals surface area contributed by atoms with Gasteiger partial charge in [0.1, 0.15) is 0 Å². The number of carbonyl (C=O) groups excluding carboxylic acids is 2. The molecule has 0 saturated heterocycles. The Bertz CT molecular complexity index is 731. The molecule has 0 spiro atoms. The summed E-state index contributed by atoms with van der Waals surface area (Å²) >= 11 is 0. The molecule has 1 N–H and O–H groups in total. The summed E-state index contributed by atoms with van der Waals surface area (Å²) in [6, 6.07) is 8.14. The predicted octanol–water partition coefficient (Wildman–Crippen LogP) is 3.43. The molecule has 1 amide bonds. The molecule has 0 unspecified atom stereocenters. The number of nitrogens with zero attached hydrogens (tertiary/aromatic N) is 1. The number of rotatable bonds is 6. The third-order valence-electron chi connectivity index (χ3n) is 5.04. The van der Waals surface area contributed by atoms with Crippen molar-refractivity contribution in [3.63, 3.8) is 0 Å². The first-order valence-electron chi connectivity index (χ1n) is 9.19. The van der Waals surface area contributed by atoms with Gasteiger partial charge in [0.2, 0.25) is 0 Å². The number of benzene rings is 1. The summed E-state index contributed by atoms with van der Waals surface area (Å²) in [5.41, 5.74) is 1.89. The molecule has 5 heteroatoms. The van der Waals surface area contributed by atoms with Crippen LogP contribution in [-0.2, 0) is 20.7 Å². The van der Waals surface area contributed by atoms with Crippen LogP contribution in [0.2, 0.25) is 0 Å². The zero-order valence-corrected chi connectivity index (χ0v) is 14.8. The normalized spacial score (nSPS) is 15.2. The van der Waals surface area contributed by atoms with Crippen LogP contribution in [0, 0.1) is 0 Å². The van der Waals surface area contributed by atoms with Crippen molar-refractivity contribution in [1.82, 2.24) is 9.88 Å². The molecule has 0 bridgehead atoms. The lowest BCUT2D eigenvalue weighted by molar-refractivity contribution is -0.152. The first-order valence-corrected chi connectivity index (χ1v) is 9.19. The van der Waals surface area contributed by atoms with Crippen LogP contribution in [0.1, 0.15) is 44.6 Å². The molecule has 134 valence electrons. The first-order chi connectivity index (χ1) is 12.2. The van der Waals surface area contributed by atoms with E-state index in [-0.39, 0.29) is 24.9 Å². The van der Waals surface area contributed by atoms with E-state index in [0.29, 0.717) is 12.6 Å². The van der Waals surface area contributed by atoms with Crippen molar-refractivity contribution in [2.45, 2.75) is 51.5 Å². The Morgan fingerprint density at radius 2 is 1.96 bits per heavy atom. The minimum absolute atomic E-state index is 0.0818. The Labute approximate surface area is 148 Å². The molecule has 2 aromatic rings. The Balaban J connectivity index is 1.53. The van der Waals surface area contributed by atoms with E-state index in [9.17, 15) is 9.59 Å². The Morgan fingerprint density at radius 3 is 2.72 bits per heavy atom.